The summed E-state index contributed by atoms with van der Waals surface area (Å²) in [5, 5.41) is 0. The summed E-state index contributed by atoms with van der Waals surface area (Å²) >= 11 is 0. The van der Waals surface area contributed by atoms with Crippen molar-refractivity contribution in [2.45, 2.75) is 18.9 Å². The topological polar surface area (TPSA) is 26.3 Å². The molecule has 0 aromatic rings. The van der Waals surface area contributed by atoms with Crippen molar-refractivity contribution in [3.05, 3.63) is 12.2 Å². The Bertz CT molecular complexity index is 184. The van der Waals surface area contributed by atoms with Crippen molar-refractivity contribution in [1.82, 2.24) is 0 Å². The fraction of sp³-hybridized carbons (Fsp3) is 0.625. The van der Waals surface area contributed by atoms with Crippen LogP contribution < -0.4 is 0 Å². The molecule has 10 heavy (non-hydrogen) atoms. The Morgan fingerprint density at radius 1 is 1.60 bits per heavy atom. The van der Waals surface area contributed by atoms with Crippen molar-refractivity contribution in [2.24, 2.45) is 5.92 Å². The Balaban J connectivity index is 2.16. The second kappa shape index (κ2) is 2.20. The lowest BCUT2D eigenvalue weighted by Gasteiger charge is -2.16. The van der Waals surface area contributed by atoms with E-state index in [0.29, 0.717) is 12.3 Å². The van der Waals surface area contributed by atoms with Crippen LogP contribution in [0.5, 0.6) is 0 Å². The van der Waals surface area contributed by atoms with Gasteiger partial charge in [-0.1, -0.05) is 6.08 Å². The largest absolute Gasteiger partial charge is 0.377 e. The molecule has 54 valence electrons. The zero-order chi connectivity index (χ0) is 6.97. The molecule has 0 radical (unpaired) electrons. The van der Waals surface area contributed by atoms with E-state index < -0.39 is 0 Å². The minimum Gasteiger partial charge on any atom is -0.377 e. The van der Waals surface area contributed by atoms with Gasteiger partial charge in [-0.25, -0.2) is 0 Å². The molecule has 1 aliphatic heterocycles. The summed E-state index contributed by atoms with van der Waals surface area (Å²) in [6.45, 7) is 0.826. The van der Waals surface area contributed by atoms with Crippen molar-refractivity contribution >= 4 is 5.78 Å². The van der Waals surface area contributed by atoms with Crippen molar-refractivity contribution < 1.29 is 9.53 Å². The Morgan fingerprint density at radius 3 is 3.40 bits per heavy atom. The smallest absolute Gasteiger partial charge is 0.157 e. The summed E-state index contributed by atoms with van der Waals surface area (Å²) < 4.78 is 5.36. The summed E-state index contributed by atoms with van der Waals surface area (Å²) in [5.74, 6) is 0.737. The first-order chi connectivity index (χ1) is 4.86. The Hall–Kier alpha value is -0.630. The molecule has 0 saturated carbocycles. The normalized spacial score (nSPS) is 38.2. The Kier molecular flexibility index (Phi) is 1.34. The molecule has 0 spiro atoms. The highest BCUT2D eigenvalue weighted by Gasteiger charge is 2.30. The minimum absolute atomic E-state index is 0.206. The van der Waals surface area contributed by atoms with E-state index in [4.69, 9.17) is 4.74 Å². The summed E-state index contributed by atoms with van der Waals surface area (Å²) in [6.07, 6.45) is 5.58. The molecule has 0 amide bonds. The van der Waals surface area contributed by atoms with Crippen LogP contribution in [0.25, 0.3) is 0 Å². The number of ether oxygens (including phenoxy) is 1. The maximum absolute atomic E-state index is 10.8. The molecule has 1 aliphatic carbocycles. The quantitative estimate of drug-likeness (QED) is 0.497. The number of fused-ring (bicyclic) bond motifs is 1. The van der Waals surface area contributed by atoms with Gasteiger partial charge in [-0.05, 0) is 12.5 Å². The zero-order valence-corrected chi connectivity index (χ0v) is 5.75. The van der Waals surface area contributed by atoms with Crippen LogP contribution in [0.1, 0.15) is 12.8 Å². The molecular weight excluding hydrogens is 128 g/mol. The van der Waals surface area contributed by atoms with Crippen molar-refractivity contribution in [1.29, 1.82) is 0 Å². The molecule has 0 bridgehead atoms. The standard InChI is InChI=1S/C8H10O2/c9-7-2-1-6-3-4-10-8(6)5-7/h1-2,6,8H,3-5H2. The van der Waals surface area contributed by atoms with E-state index in [2.05, 4.69) is 0 Å². The van der Waals surface area contributed by atoms with Gasteiger partial charge >= 0.3 is 0 Å². The third-order valence-electron chi connectivity index (χ3n) is 2.19. The summed E-state index contributed by atoms with van der Waals surface area (Å²) in [5.41, 5.74) is 0. The van der Waals surface area contributed by atoms with E-state index in [1.54, 1.807) is 6.08 Å². The highest BCUT2D eigenvalue weighted by Crippen LogP contribution is 2.27. The van der Waals surface area contributed by atoms with Crippen molar-refractivity contribution in [2.75, 3.05) is 6.61 Å². The van der Waals surface area contributed by atoms with Crippen LogP contribution in [0.15, 0.2) is 12.2 Å². The van der Waals surface area contributed by atoms with Gasteiger partial charge in [0, 0.05) is 18.9 Å². The van der Waals surface area contributed by atoms with Gasteiger partial charge in [0.15, 0.2) is 5.78 Å². The number of allylic oxidation sites excluding steroid dienone is 1. The SMILES string of the molecule is O=C1C=CC2CCOC2C1. The van der Waals surface area contributed by atoms with Gasteiger partial charge in [-0.3, -0.25) is 4.79 Å². The predicted molar refractivity (Wildman–Crippen MR) is 36.6 cm³/mol. The fourth-order valence-corrected chi connectivity index (χ4v) is 1.59. The van der Waals surface area contributed by atoms with E-state index in [1.807, 2.05) is 6.08 Å². The van der Waals surface area contributed by atoms with E-state index in [-0.39, 0.29) is 11.9 Å². The summed E-state index contributed by atoms with van der Waals surface area (Å²) in [7, 11) is 0. The zero-order valence-electron chi connectivity index (χ0n) is 5.75. The maximum Gasteiger partial charge on any atom is 0.157 e. The van der Waals surface area contributed by atoms with Gasteiger partial charge in [0.1, 0.15) is 0 Å². The second-order valence-electron chi connectivity index (χ2n) is 2.89. The minimum atomic E-state index is 0.206. The molecule has 2 heteroatoms. The number of rotatable bonds is 0. The third kappa shape index (κ3) is 0.886. The average molecular weight is 138 g/mol. The van der Waals surface area contributed by atoms with Crippen molar-refractivity contribution in [3.8, 4) is 0 Å². The Labute approximate surface area is 59.9 Å². The summed E-state index contributed by atoms with van der Waals surface area (Å²) in [6, 6.07) is 0. The monoisotopic (exact) mass is 138 g/mol. The lowest BCUT2D eigenvalue weighted by atomic mass is 9.92. The average Bonchev–Trinajstić information content (AvgIpc) is 2.33. The number of hydrogen-bond donors (Lipinski definition) is 0. The van der Waals surface area contributed by atoms with Crippen LogP contribution in [-0.4, -0.2) is 18.5 Å². The van der Waals surface area contributed by atoms with E-state index in [0.717, 1.165) is 13.0 Å². The third-order valence-corrected chi connectivity index (χ3v) is 2.19. The number of ketones is 1. The molecule has 2 nitrogen and oxygen atoms in total. The van der Waals surface area contributed by atoms with Gasteiger partial charge in [-0.2, -0.15) is 0 Å². The van der Waals surface area contributed by atoms with Crippen LogP contribution in [-0.2, 0) is 9.53 Å². The second-order valence-corrected chi connectivity index (χ2v) is 2.89. The van der Waals surface area contributed by atoms with E-state index in [1.165, 1.54) is 0 Å². The fourth-order valence-electron chi connectivity index (χ4n) is 1.59. The first-order valence-corrected chi connectivity index (χ1v) is 3.69. The van der Waals surface area contributed by atoms with Crippen LogP contribution in [0.3, 0.4) is 0 Å². The summed E-state index contributed by atoms with van der Waals surface area (Å²) in [4.78, 5) is 10.8. The first kappa shape index (κ1) is 6.10. The van der Waals surface area contributed by atoms with Gasteiger partial charge < -0.3 is 4.74 Å². The Morgan fingerprint density at radius 2 is 2.50 bits per heavy atom. The van der Waals surface area contributed by atoms with E-state index in [9.17, 15) is 4.79 Å². The van der Waals surface area contributed by atoms with E-state index >= 15 is 0 Å². The van der Waals surface area contributed by atoms with Crippen LogP contribution in [0.2, 0.25) is 0 Å². The highest BCUT2D eigenvalue weighted by atomic mass is 16.5. The molecule has 0 aromatic heterocycles. The molecule has 1 saturated heterocycles. The molecule has 2 rings (SSSR count). The predicted octanol–water partition coefficient (Wildman–Crippen LogP) is 0.920. The molecular formula is C8H10O2. The van der Waals surface area contributed by atoms with Crippen LogP contribution in [0, 0.1) is 5.92 Å². The highest BCUT2D eigenvalue weighted by molar-refractivity contribution is 5.91. The molecule has 2 aliphatic rings. The van der Waals surface area contributed by atoms with Gasteiger partial charge in [-0.15, -0.1) is 0 Å². The first-order valence-electron chi connectivity index (χ1n) is 3.69. The molecule has 1 heterocycles. The molecule has 2 atom stereocenters. The lowest BCUT2D eigenvalue weighted by Crippen LogP contribution is -2.21. The van der Waals surface area contributed by atoms with Gasteiger partial charge in [0.2, 0.25) is 0 Å². The molecule has 1 fully saturated rings. The van der Waals surface area contributed by atoms with Crippen LogP contribution >= 0.6 is 0 Å². The number of carbonyl (C=O) groups excluding carboxylic acids is 1. The van der Waals surface area contributed by atoms with Gasteiger partial charge in [0.25, 0.3) is 0 Å². The lowest BCUT2D eigenvalue weighted by molar-refractivity contribution is -0.117. The molecule has 2 unspecified atom stereocenters. The molecule has 0 N–H and O–H groups in total. The molecule has 0 aromatic carbocycles. The van der Waals surface area contributed by atoms with Crippen molar-refractivity contribution in [3.63, 3.8) is 0 Å². The number of hydrogen-bond acceptors (Lipinski definition) is 2. The van der Waals surface area contributed by atoms with Crippen LogP contribution in [0.4, 0.5) is 0 Å². The number of carbonyl (C=O) groups is 1. The van der Waals surface area contributed by atoms with Gasteiger partial charge in [0.05, 0.1) is 6.10 Å². The maximum atomic E-state index is 10.8.